The largest absolute Gasteiger partial charge is 0.467 e. The first-order chi connectivity index (χ1) is 57.2. The number of primary amides is 1. The third-order valence-electron chi connectivity index (χ3n) is 22.3. The normalized spacial score (nSPS) is 19.3. The number of ether oxygens (including phenoxy) is 6. The highest BCUT2D eigenvalue weighted by Crippen LogP contribution is 2.45. The average Bonchev–Trinajstić information content (AvgIpc) is 1.67. The third kappa shape index (κ3) is 26.5. The highest BCUT2D eigenvalue weighted by atomic mass is 32.3. The molecule has 2 saturated heterocycles. The maximum atomic E-state index is 15.0. The van der Waals surface area contributed by atoms with Gasteiger partial charge in [-0.15, -0.1) is 0 Å². The van der Waals surface area contributed by atoms with Crippen LogP contribution in [0.4, 0.5) is 20.1 Å². The van der Waals surface area contributed by atoms with Gasteiger partial charge in [-0.05, 0) is 108 Å². The van der Waals surface area contributed by atoms with Crippen molar-refractivity contribution < 1.29 is 113 Å². The maximum Gasteiger partial charge on any atom is 0.410 e. The molecule has 121 heavy (non-hydrogen) atoms. The molecule has 0 spiro atoms. The van der Waals surface area contributed by atoms with Crippen molar-refractivity contribution in [2.24, 2.45) is 35.3 Å². The number of anilines is 1. The topological polar surface area (TPSA) is 496 Å². The molecule has 37 heteroatoms. The number of methoxy groups -OCH3 is 3. The van der Waals surface area contributed by atoms with E-state index in [1.807, 2.05) is 62.4 Å². The average molecular weight is 1710 g/mol. The first-order valence-electron chi connectivity index (χ1n) is 40.6. The number of carbonyl (C=O) groups is 12. The fourth-order valence-corrected chi connectivity index (χ4v) is 16.2. The number of carbonyl (C=O) groups excluding carboxylic acids is 12. The molecular weight excluding hydrogens is 1590 g/mol. The monoisotopic (exact) mass is 1710 g/mol. The van der Waals surface area contributed by atoms with Crippen molar-refractivity contribution in [3.8, 4) is 11.1 Å². The minimum Gasteiger partial charge on any atom is -0.467 e. The van der Waals surface area contributed by atoms with Crippen LogP contribution in [0, 0.1) is 29.6 Å². The number of likely N-dealkylation sites (tertiary alicyclic amines) is 1. The lowest BCUT2D eigenvalue weighted by atomic mass is 9.89. The fraction of sp³-hybridized carbons (Fsp3) is 0.571. The summed E-state index contributed by atoms with van der Waals surface area (Å²) in [5, 5.41) is 42.2. The number of benzene rings is 4. The van der Waals surface area contributed by atoms with Gasteiger partial charge in [-0.1, -0.05) is 160 Å². The van der Waals surface area contributed by atoms with Gasteiger partial charge in [-0.3, -0.25) is 47.8 Å². The van der Waals surface area contributed by atoms with Gasteiger partial charge < -0.3 is 96.7 Å². The van der Waals surface area contributed by atoms with Gasteiger partial charge in [0.15, 0.2) is 12.3 Å². The molecule has 0 radical (unpaired) electrons. The molecule has 2 fully saturated rings. The number of likely N-dealkylation sites (N-methyl/N-ethyl adjacent to an activating group) is 2. The van der Waals surface area contributed by atoms with Crippen molar-refractivity contribution in [1.29, 1.82) is 0 Å². The molecule has 12 amide bonds. The molecule has 666 valence electrons. The number of aliphatic hydroxyl groups excluding tert-OH is 2. The number of esters is 1. The zero-order valence-corrected chi connectivity index (χ0v) is 72.0. The Kier molecular flexibility index (Phi) is 36.7. The van der Waals surface area contributed by atoms with Crippen molar-refractivity contribution >= 4 is 87.5 Å². The van der Waals surface area contributed by atoms with E-state index in [1.165, 1.54) is 45.2 Å². The highest BCUT2D eigenvalue weighted by Gasteiger charge is 2.49. The van der Waals surface area contributed by atoms with Crippen LogP contribution in [0.15, 0.2) is 103 Å². The van der Waals surface area contributed by atoms with Crippen LogP contribution in [0.2, 0.25) is 0 Å². The fourth-order valence-electron chi connectivity index (χ4n) is 15.6. The minimum absolute atomic E-state index is 0.00508. The quantitative estimate of drug-likeness (QED) is 0.0122. The number of alkyl carbamates (subject to hydrolysis) is 1. The molecular formula is C84H120N12O24S. The van der Waals surface area contributed by atoms with Crippen LogP contribution in [0.25, 0.3) is 11.1 Å². The van der Waals surface area contributed by atoms with Crippen LogP contribution in [0.3, 0.4) is 0 Å². The van der Waals surface area contributed by atoms with Crippen LogP contribution in [-0.4, -0.2) is 250 Å². The SMILES string of the molecule is CC[C@H](C)[C@@H]([C@@H](CC(=O)N1CCC[C@H]1[C@H](OC)[C@@H](C)C(=O)N[C@H](C)[C@@H](OS(=O)(=O)O)c1ccccc1)OC)N(C)C(=O)[C@@H](NC(=O)[C@H](C(C)C)N(C)C(=O)OCc1ccc(NC(=O)[C@H](CCCNC(N)=O)NC(=O)[C@@H](NC(=O)[C@H](CCC(=O)NC2O[C@H](C(=O)OC)[C@@H](O)[C@H]2O)NC(=O)OCC2c3ccccc3-c3ccccc32)C(C)C)cc1)C(C)C. The first-order valence-corrected chi connectivity index (χ1v) is 42.0. The number of hydrogen-bond acceptors (Lipinski definition) is 23. The smallest absolute Gasteiger partial charge is 0.410 e. The summed E-state index contributed by atoms with van der Waals surface area (Å²) >= 11 is 0. The van der Waals surface area contributed by atoms with E-state index in [4.69, 9.17) is 33.6 Å². The van der Waals surface area contributed by atoms with E-state index in [2.05, 4.69) is 47.3 Å². The van der Waals surface area contributed by atoms with Crippen molar-refractivity contribution in [3.05, 3.63) is 125 Å². The summed E-state index contributed by atoms with van der Waals surface area (Å²) in [4.78, 5) is 171. The van der Waals surface area contributed by atoms with Gasteiger partial charge in [0.2, 0.25) is 47.3 Å². The number of amides is 12. The number of nitrogens with zero attached hydrogens (tertiary/aromatic N) is 3. The van der Waals surface area contributed by atoms with E-state index in [0.29, 0.717) is 36.9 Å². The predicted molar refractivity (Wildman–Crippen MR) is 442 cm³/mol. The summed E-state index contributed by atoms with van der Waals surface area (Å²) in [5.74, 6) is -9.63. The molecule has 3 aliphatic rings. The Labute approximate surface area is 706 Å². The van der Waals surface area contributed by atoms with Crippen LogP contribution >= 0.6 is 0 Å². The van der Waals surface area contributed by atoms with Crippen LogP contribution in [-0.2, 0) is 92.8 Å². The molecule has 4 aromatic rings. The van der Waals surface area contributed by atoms with E-state index < -0.39 is 204 Å². The third-order valence-corrected chi connectivity index (χ3v) is 22.8. The second kappa shape index (κ2) is 45.5. The van der Waals surface area contributed by atoms with E-state index >= 15 is 0 Å². The van der Waals surface area contributed by atoms with Crippen molar-refractivity contribution in [2.75, 3.05) is 60.4 Å². The van der Waals surface area contributed by atoms with E-state index in [0.717, 1.165) is 34.3 Å². The molecule has 1 aliphatic carbocycles. The summed E-state index contributed by atoms with van der Waals surface area (Å²) < 4.78 is 72.0. The number of urea groups is 1. The molecule has 2 heterocycles. The second-order valence-corrected chi connectivity index (χ2v) is 32.9. The van der Waals surface area contributed by atoms with Gasteiger partial charge in [0, 0.05) is 59.4 Å². The summed E-state index contributed by atoms with van der Waals surface area (Å²) in [6.07, 6.45) is -11.2. The Morgan fingerprint density at radius 3 is 1.83 bits per heavy atom. The van der Waals surface area contributed by atoms with Gasteiger partial charge in [-0.25, -0.2) is 23.4 Å². The molecule has 7 rings (SSSR count). The van der Waals surface area contributed by atoms with Crippen molar-refractivity contribution in [1.82, 2.24) is 51.9 Å². The molecule has 0 bridgehead atoms. The van der Waals surface area contributed by atoms with E-state index in [1.54, 1.807) is 103 Å². The number of rotatable bonds is 43. The summed E-state index contributed by atoms with van der Waals surface area (Å²) in [5.41, 5.74) is 10.1. The number of nitrogens with one attached hydrogen (secondary N) is 8. The van der Waals surface area contributed by atoms with E-state index in [-0.39, 0.29) is 62.5 Å². The van der Waals surface area contributed by atoms with Gasteiger partial charge in [-0.2, -0.15) is 8.42 Å². The van der Waals surface area contributed by atoms with Crippen LogP contribution in [0.1, 0.15) is 155 Å². The van der Waals surface area contributed by atoms with Crippen LogP contribution < -0.4 is 48.3 Å². The summed E-state index contributed by atoms with van der Waals surface area (Å²) in [6.45, 7) is 17.0. The molecule has 4 aromatic carbocycles. The Morgan fingerprint density at radius 2 is 1.26 bits per heavy atom. The number of fused-ring (bicyclic) bond motifs is 3. The molecule has 0 saturated carbocycles. The Bertz CT molecular complexity index is 4290. The zero-order chi connectivity index (χ0) is 89.4. The molecule has 17 atom stereocenters. The number of hydrogen-bond donors (Lipinski definition) is 12. The lowest BCUT2D eigenvalue weighted by Gasteiger charge is -2.41. The minimum atomic E-state index is -4.94. The van der Waals surface area contributed by atoms with Gasteiger partial charge in [0.25, 0.3) is 0 Å². The second-order valence-electron chi connectivity index (χ2n) is 31.8. The Balaban J connectivity index is 0.971. The van der Waals surface area contributed by atoms with Gasteiger partial charge in [0.1, 0.15) is 61.7 Å². The molecule has 1 unspecified atom stereocenters. The first kappa shape index (κ1) is 97.7. The molecule has 0 aromatic heterocycles. The summed E-state index contributed by atoms with van der Waals surface area (Å²) in [6, 6.07) is 19.8. The molecule has 13 N–H and O–H groups in total. The standard InChI is InChI=1S/C84H120N12O24S/c1-16-48(8)68(62(114-13)42-64(98)96-41-25-33-61(96)71(115-14)49(9)74(101)87-50(10)72(120-121(111,112)113)52-26-18-17-19-27-52)94(11)80(106)66(46(4)5)93-78(105)67(47(6)7)95(12)84(110)118-43-51-34-36-53(37-35-51)88-75(102)59(32-24-40-86-82(85)108)89-77(104)65(45(2)3)92-76(103)60(38-39-63(97)91-79-70(100)69(99)73(119-79)81(107)116-15)90-83(109)117-44-58-56-30-22-20-28-54(56)55-29-21-23-31-57(55)58/h17-23,26-31,34-37,45-50,58-62,65-73,79,99-100H,16,24-25,32-33,38-44H2,1-15H3,(H,87,101)(H,88,102)(H,89,104)(H,90,109)(H,91,97)(H,92,103)(H,93,105)(H3,85,86,108)(H,111,112,113)/t48-,49+,50+,59-,60-,61-,62+,65-,66-,67-,68-,69-,70+,71+,72+,73-,79?/m0/s1. The predicted octanol–water partition coefficient (Wildman–Crippen LogP) is 4.84. The van der Waals surface area contributed by atoms with E-state index in [9.17, 15) is 80.7 Å². The molecule has 36 nitrogen and oxygen atoms in total. The molecule has 2 aliphatic heterocycles. The Morgan fingerprint density at radius 1 is 0.661 bits per heavy atom. The lowest BCUT2D eigenvalue weighted by Crippen LogP contribution is -2.60. The van der Waals surface area contributed by atoms with Crippen molar-refractivity contribution in [3.63, 3.8) is 0 Å². The van der Waals surface area contributed by atoms with Crippen molar-refractivity contribution in [2.45, 2.75) is 224 Å². The zero-order valence-electron chi connectivity index (χ0n) is 71.2. The maximum absolute atomic E-state index is 15.0. The highest BCUT2D eigenvalue weighted by molar-refractivity contribution is 7.80. The number of aliphatic hydroxyl groups is 2. The van der Waals surface area contributed by atoms with Crippen LogP contribution in [0.5, 0.6) is 0 Å². The lowest BCUT2D eigenvalue weighted by molar-refractivity contribution is -0.158. The Hall–Kier alpha value is -10.4. The van der Waals surface area contributed by atoms with Gasteiger partial charge in [0.05, 0.1) is 49.8 Å². The number of nitrogens with two attached hydrogens (primary N) is 1. The van der Waals surface area contributed by atoms with Gasteiger partial charge >= 0.3 is 34.6 Å². The summed E-state index contributed by atoms with van der Waals surface area (Å²) in [7, 11) is 1.94.